The highest BCUT2D eigenvalue weighted by atomic mass is 16.4. The molecule has 0 unspecified atom stereocenters. The van der Waals surface area contributed by atoms with E-state index in [1.54, 1.807) is 6.07 Å². The van der Waals surface area contributed by atoms with Gasteiger partial charge in [0.25, 0.3) is 5.91 Å². The topological polar surface area (TPSA) is 107 Å². The molecule has 1 aromatic carbocycles. The zero-order chi connectivity index (χ0) is 16.5. The minimum atomic E-state index is -1.11. The van der Waals surface area contributed by atoms with Crippen molar-refractivity contribution in [2.45, 2.75) is 44.8 Å². The lowest BCUT2D eigenvalue weighted by Gasteiger charge is -2.14. The van der Waals surface area contributed by atoms with E-state index in [1.165, 1.54) is 0 Å². The van der Waals surface area contributed by atoms with Crippen LogP contribution in [-0.2, 0) is 11.2 Å². The maximum absolute atomic E-state index is 11.9. The molecule has 2 atom stereocenters. The molecule has 0 fully saturated rings. The van der Waals surface area contributed by atoms with Gasteiger partial charge in [-0.05, 0) is 37.0 Å². The molecule has 6 heteroatoms. The first-order valence-corrected chi connectivity index (χ1v) is 7.37. The van der Waals surface area contributed by atoms with Crippen LogP contribution in [0.1, 0.15) is 42.1 Å². The summed E-state index contributed by atoms with van der Waals surface area (Å²) in [5, 5.41) is 30.3. The molecular weight excluding hydrogens is 286 g/mol. The molecule has 0 aliphatic heterocycles. The summed E-state index contributed by atoms with van der Waals surface area (Å²) in [7, 11) is 0. The molecule has 0 saturated carbocycles. The number of aliphatic hydroxyl groups is 2. The van der Waals surface area contributed by atoms with Crippen molar-refractivity contribution in [2.75, 3.05) is 6.54 Å². The zero-order valence-corrected chi connectivity index (χ0v) is 12.7. The Hall–Kier alpha value is -1.92. The van der Waals surface area contributed by atoms with E-state index < -0.39 is 24.6 Å². The number of aryl methyl sites for hydroxylation is 1. The number of rotatable bonds is 9. The normalized spacial score (nSPS) is 13.4. The van der Waals surface area contributed by atoms with Gasteiger partial charge in [0.05, 0.1) is 18.6 Å². The molecule has 4 N–H and O–H groups in total. The van der Waals surface area contributed by atoms with Gasteiger partial charge in [-0.25, -0.2) is 0 Å². The van der Waals surface area contributed by atoms with Crippen LogP contribution in [0.15, 0.2) is 24.3 Å². The number of carbonyl (C=O) groups is 2. The van der Waals surface area contributed by atoms with E-state index in [4.69, 9.17) is 5.11 Å². The highest BCUT2D eigenvalue weighted by Crippen LogP contribution is 2.07. The second kappa shape index (κ2) is 9.17. The lowest BCUT2D eigenvalue weighted by atomic mass is 10.1. The Morgan fingerprint density at radius 3 is 2.59 bits per heavy atom. The average molecular weight is 309 g/mol. The first-order valence-electron chi connectivity index (χ1n) is 7.37. The predicted molar refractivity (Wildman–Crippen MR) is 81.7 cm³/mol. The van der Waals surface area contributed by atoms with Crippen LogP contribution in [0.2, 0.25) is 0 Å². The summed E-state index contributed by atoms with van der Waals surface area (Å²) in [6.07, 6.45) is -1.24. The molecular formula is C16H23NO5. The molecule has 0 bridgehead atoms. The number of carboxylic acids is 1. The maximum atomic E-state index is 11.9. The molecule has 122 valence electrons. The summed E-state index contributed by atoms with van der Waals surface area (Å²) >= 11 is 0. The summed E-state index contributed by atoms with van der Waals surface area (Å²) in [5.41, 5.74) is 1.64. The average Bonchev–Trinajstić information content (AvgIpc) is 2.46. The number of carboxylic acid groups (broad SMARTS) is 1. The highest BCUT2D eigenvalue weighted by molar-refractivity contribution is 5.94. The molecule has 1 aromatic rings. The fourth-order valence-electron chi connectivity index (χ4n) is 2.10. The first-order chi connectivity index (χ1) is 10.4. The number of nitrogens with one attached hydrogen (secondary N) is 1. The van der Waals surface area contributed by atoms with Crippen LogP contribution in [0.25, 0.3) is 0 Å². The number of benzene rings is 1. The molecule has 6 nitrogen and oxygen atoms in total. The van der Waals surface area contributed by atoms with Gasteiger partial charge in [-0.2, -0.15) is 0 Å². The monoisotopic (exact) mass is 309 g/mol. The predicted octanol–water partition coefficient (Wildman–Crippen LogP) is 0.956. The number of hydrogen-bond acceptors (Lipinski definition) is 4. The van der Waals surface area contributed by atoms with E-state index in [2.05, 4.69) is 5.32 Å². The molecule has 22 heavy (non-hydrogen) atoms. The van der Waals surface area contributed by atoms with Gasteiger partial charge in [-0.15, -0.1) is 0 Å². The van der Waals surface area contributed by atoms with Crippen molar-refractivity contribution in [3.8, 4) is 0 Å². The number of carbonyl (C=O) groups excluding carboxylic acids is 1. The number of aliphatic hydroxyl groups excluding tert-OH is 2. The van der Waals surface area contributed by atoms with Crippen LogP contribution >= 0.6 is 0 Å². The number of aliphatic carboxylic acids is 1. The molecule has 1 amide bonds. The van der Waals surface area contributed by atoms with Gasteiger partial charge >= 0.3 is 5.97 Å². The molecule has 0 saturated heterocycles. The van der Waals surface area contributed by atoms with Crippen molar-refractivity contribution in [2.24, 2.45) is 0 Å². The van der Waals surface area contributed by atoms with Gasteiger partial charge in [0, 0.05) is 12.1 Å². The molecule has 0 aromatic heterocycles. The van der Waals surface area contributed by atoms with Gasteiger partial charge in [-0.1, -0.05) is 19.1 Å². The van der Waals surface area contributed by atoms with Gasteiger partial charge in [0.1, 0.15) is 0 Å². The Morgan fingerprint density at radius 2 is 1.95 bits per heavy atom. The van der Waals surface area contributed by atoms with Gasteiger partial charge in [-0.3, -0.25) is 9.59 Å². The van der Waals surface area contributed by atoms with E-state index in [0.717, 1.165) is 12.0 Å². The van der Waals surface area contributed by atoms with Crippen LogP contribution in [0, 0.1) is 0 Å². The van der Waals surface area contributed by atoms with Gasteiger partial charge in [0.15, 0.2) is 0 Å². The smallest absolute Gasteiger partial charge is 0.305 e. The van der Waals surface area contributed by atoms with Crippen molar-refractivity contribution in [3.05, 3.63) is 35.4 Å². The van der Waals surface area contributed by atoms with Crippen molar-refractivity contribution in [1.82, 2.24) is 5.32 Å². The third-order valence-corrected chi connectivity index (χ3v) is 3.31. The summed E-state index contributed by atoms with van der Waals surface area (Å²) in [6, 6.07) is 7.32. The second-order valence-corrected chi connectivity index (χ2v) is 5.24. The van der Waals surface area contributed by atoms with Crippen LogP contribution in [0.5, 0.6) is 0 Å². The van der Waals surface area contributed by atoms with E-state index >= 15 is 0 Å². The van der Waals surface area contributed by atoms with Crippen molar-refractivity contribution in [3.63, 3.8) is 0 Å². The fourth-order valence-corrected chi connectivity index (χ4v) is 2.10. The van der Waals surface area contributed by atoms with E-state index in [-0.39, 0.29) is 25.3 Å². The van der Waals surface area contributed by atoms with Crippen LogP contribution in [-0.4, -0.2) is 45.9 Å². The van der Waals surface area contributed by atoms with Gasteiger partial charge < -0.3 is 20.6 Å². The molecule has 0 spiro atoms. The Bertz CT molecular complexity index is 503. The summed E-state index contributed by atoms with van der Waals surface area (Å²) in [5.74, 6) is -1.32. The number of hydrogen-bond donors (Lipinski definition) is 4. The minimum absolute atomic E-state index is 0.0203. The molecule has 1 rings (SSSR count). The largest absolute Gasteiger partial charge is 0.481 e. The Balaban J connectivity index is 2.33. The van der Waals surface area contributed by atoms with Crippen molar-refractivity contribution < 1.29 is 24.9 Å². The molecule has 0 aliphatic rings. The second-order valence-electron chi connectivity index (χ2n) is 5.24. The number of amides is 1. The zero-order valence-electron chi connectivity index (χ0n) is 12.7. The third kappa shape index (κ3) is 6.69. The Morgan fingerprint density at radius 1 is 1.23 bits per heavy atom. The Kier molecular flexibility index (Phi) is 7.56. The van der Waals surface area contributed by atoms with E-state index in [0.29, 0.717) is 5.56 Å². The maximum Gasteiger partial charge on any atom is 0.305 e. The highest BCUT2D eigenvalue weighted by Gasteiger charge is 2.15. The standard InChI is InChI=1S/C16H23NO5/c1-2-11-4-3-5-12(8-11)16(22)17-7-6-13(18)9-14(19)10-15(20)21/h3-5,8,13-14,18-19H,2,6-7,9-10H2,1H3,(H,17,22)(H,20,21)/t13-,14-/m1/s1. The fraction of sp³-hybridized carbons (Fsp3) is 0.500. The van der Waals surface area contributed by atoms with Crippen LogP contribution in [0.3, 0.4) is 0 Å². The molecule has 0 heterocycles. The third-order valence-electron chi connectivity index (χ3n) is 3.31. The van der Waals surface area contributed by atoms with E-state index in [9.17, 15) is 19.8 Å². The first kappa shape index (κ1) is 18.1. The molecule has 0 radical (unpaired) electrons. The lowest BCUT2D eigenvalue weighted by molar-refractivity contribution is -0.139. The van der Waals surface area contributed by atoms with Crippen molar-refractivity contribution >= 4 is 11.9 Å². The lowest BCUT2D eigenvalue weighted by Crippen LogP contribution is -2.29. The minimum Gasteiger partial charge on any atom is -0.481 e. The van der Waals surface area contributed by atoms with Crippen LogP contribution in [0.4, 0.5) is 0 Å². The Labute approximate surface area is 129 Å². The molecule has 0 aliphatic carbocycles. The van der Waals surface area contributed by atoms with Gasteiger partial charge in [0.2, 0.25) is 0 Å². The van der Waals surface area contributed by atoms with Crippen LogP contribution < -0.4 is 5.32 Å². The summed E-state index contributed by atoms with van der Waals surface area (Å²) in [6.45, 7) is 2.27. The quantitative estimate of drug-likeness (QED) is 0.543. The summed E-state index contributed by atoms with van der Waals surface area (Å²) < 4.78 is 0. The van der Waals surface area contributed by atoms with Crippen molar-refractivity contribution in [1.29, 1.82) is 0 Å². The summed E-state index contributed by atoms with van der Waals surface area (Å²) in [4.78, 5) is 22.3. The SMILES string of the molecule is CCc1cccc(C(=O)NCC[C@@H](O)C[C@@H](O)CC(=O)O)c1. The van der Waals surface area contributed by atoms with E-state index in [1.807, 2.05) is 25.1 Å².